The van der Waals surface area contributed by atoms with Gasteiger partial charge in [0.05, 0.1) is 105 Å². The molecule has 0 heterocycles. The Balaban J connectivity index is 3.39. The number of ether oxygens (including phenoxy) is 8. The summed E-state index contributed by atoms with van der Waals surface area (Å²) in [6.45, 7) is 6.22. The fourth-order valence-electron chi connectivity index (χ4n) is 5.10. The van der Waals surface area contributed by atoms with Crippen molar-refractivity contribution < 1.29 is 66.7 Å². The molecule has 10 N–H and O–H groups in total. The number of carbonyl (C=O) groups excluding carboxylic acids is 6. The summed E-state index contributed by atoms with van der Waals surface area (Å²) < 4.78 is 43.2. The third kappa shape index (κ3) is 40.3. The van der Waals surface area contributed by atoms with Crippen LogP contribution >= 0.6 is 0 Å². The first-order valence-corrected chi connectivity index (χ1v) is 21.2. The molecule has 0 bridgehead atoms. The summed E-state index contributed by atoms with van der Waals surface area (Å²) >= 11 is 0. The Bertz CT molecular complexity index is 1140. The SMILES string of the molecule is CN[C@@H](CCCCNC(=O)CCOCCOCCOCCOCCNC(=O)CCCC(=O)NCOCCOCCOCCOCC(=O)NCCCC[C@H](NC)C(N)=O)C(N)=O. The molecular weight excluding hydrogens is 804 g/mol. The fourth-order valence-corrected chi connectivity index (χ4v) is 5.10. The van der Waals surface area contributed by atoms with Crippen molar-refractivity contribution in [3.05, 3.63) is 0 Å². The maximum absolute atomic E-state index is 12.0. The Morgan fingerprint density at radius 1 is 0.393 bits per heavy atom. The number of nitrogens with two attached hydrogens (primary N) is 2. The second-order valence-electron chi connectivity index (χ2n) is 13.5. The first kappa shape index (κ1) is 57.4. The molecule has 0 unspecified atom stereocenters. The summed E-state index contributed by atoms with van der Waals surface area (Å²) in [6, 6.07) is -0.706. The molecule has 0 rings (SSSR count). The van der Waals surface area contributed by atoms with E-state index in [1.165, 1.54) is 0 Å². The van der Waals surface area contributed by atoms with Gasteiger partial charge in [0.1, 0.15) is 13.3 Å². The Hall–Kier alpha value is -3.58. The monoisotopic (exact) mass is 881 g/mol. The Morgan fingerprint density at radius 3 is 1.25 bits per heavy atom. The van der Waals surface area contributed by atoms with Gasteiger partial charge in [0.15, 0.2) is 0 Å². The normalized spacial score (nSPS) is 12.1. The van der Waals surface area contributed by atoms with E-state index in [1.807, 2.05) is 0 Å². The molecule has 0 aliphatic rings. The van der Waals surface area contributed by atoms with E-state index in [2.05, 4.69) is 31.9 Å². The van der Waals surface area contributed by atoms with E-state index >= 15 is 0 Å². The molecule has 0 radical (unpaired) electrons. The molecule has 356 valence electrons. The number of hydrogen-bond donors (Lipinski definition) is 8. The van der Waals surface area contributed by atoms with Crippen LogP contribution in [0.25, 0.3) is 0 Å². The predicted molar refractivity (Wildman–Crippen MR) is 224 cm³/mol. The van der Waals surface area contributed by atoms with Crippen LogP contribution in [0, 0.1) is 0 Å². The van der Waals surface area contributed by atoms with Gasteiger partial charge >= 0.3 is 0 Å². The molecule has 22 heteroatoms. The molecule has 0 spiro atoms. The lowest BCUT2D eigenvalue weighted by atomic mass is 10.1. The molecule has 22 nitrogen and oxygen atoms in total. The number of rotatable bonds is 46. The third-order valence-electron chi connectivity index (χ3n) is 8.55. The number of amides is 6. The first-order chi connectivity index (χ1) is 29.6. The van der Waals surface area contributed by atoms with Crippen LogP contribution in [0.5, 0.6) is 0 Å². The Labute approximate surface area is 360 Å². The highest BCUT2D eigenvalue weighted by Gasteiger charge is 2.13. The number of primary amides is 2. The molecular formula is C39H76N8O14. The largest absolute Gasteiger partial charge is 0.379 e. The van der Waals surface area contributed by atoms with Crippen LogP contribution in [-0.4, -0.2) is 187 Å². The lowest BCUT2D eigenvalue weighted by molar-refractivity contribution is -0.126. The van der Waals surface area contributed by atoms with E-state index in [9.17, 15) is 28.8 Å². The zero-order valence-electron chi connectivity index (χ0n) is 36.5. The van der Waals surface area contributed by atoms with Crippen molar-refractivity contribution in [2.75, 3.05) is 140 Å². The molecule has 2 atom stereocenters. The number of nitrogens with one attached hydrogen (secondary N) is 6. The van der Waals surface area contributed by atoms with Crippen LogP contribution in [0.3, 0.4) is 0 Å². The van der Waals surface area contributed by atoms with Gasteiger partial charge in [-0.1, -0.05) is 0 Å². The fraction of sp³-hybridized carbons (Fsp3) is 0.846. The molecule has 0 aromatic rings. The minimum atomic E-state index is -0.387. The zero-order chi connectivity index (χ0) is 45.0. The van der Waals surface area contributed by atoms with E-state index in [1.54, 1.807) is 14.1 Å². The smallest absolute Gasteiger partial charge is 0.245 e. The van der Waals surface area contributed by atoms with Crippen molar-refractivity contribution >= 4 is 35.4 Å². The van der Waals surface area contributed by atoms with Crippen LogP contribution in [0.1, 0.15) is 64.2 Å². The van der Waals surface area contributed by atoms with Gasteiger partial charge in [0, 0.05) is 38.9 Å². The van der Waals surface area contributed by atoms with Gasteiger partial charge in [-0.3, -0.25) is 28.8 Å². The van der Waals surface area contributed by atoms with E-state index in [0.29, 0.717) is 118 Å². The standard InChI is InChI=1S/C39H76N8O14/c1-42-32(38(40)52)8-3-5-13-44-36(50)12-16-54-18-20-56-22-23-57-21-19-55-17-15-46-34(48)10-7-11-35(49)47-31-61-29-27-59-25-24-58-26-28-60-30-37(51)45-14-6-4-9-33(43-2)39(41)53/h32-33,42-43H,3-31H2,1-2H3,(H2,40,52)(H2,41,53)(H,44,50)(H,45,51)(H,46,48)(H,47,49)/t32-,33-/m0/s1. The lowest BCUT2D eigenvalue weighted by Gasteiger charge is -2.12. The topological polar surface area (TPSA) is 300 Å². The Kier molecular flexibility index (Phi) is 40.6. The second kappa shape index (κ2) is 43.1. The van der Waals surface area contributed by atoms with Gasteiger partial charge in [-0.25, -0.2) is 0 Å². The summed E-state index contributed by atoms with van der Waals surface area (Å²) in [6.07, 6.45) is 5.36. The summed E-state index contributed by atoms with van der Waals surface area (Å²) in [5.41, 5.74) is 10.6. The first-order valence-electron chi connectivity index (χ1n) is 21.2. The molecule has 0 fully saturated rings. The average Bonchev–Trinajstić information content (AvgIpc) is 3.23. The number of hydrogen-bond acceptors (Lipinski definition) is 16. The van der Waals surface area contributed by atoms with Crippen LogP contribution in [0.2, 0.25) is 0 Å². The van der Waals surface area contributed by atoms with Gasteiger partial charge in [0.2, 0.25) is 35.4 Å². The second-order valence-corrected chi connectivity index (χ2v) is 13.5. The highest BCUT2D eigenvalue weighted by Crippen LogP contribution is 2.01. The molecule has 6 amide bonds. The number of unbranched alkanes of at least 4 members (excludes halogenated alkanes) is 2. The van der Waals surface area contributed by atoms with Crippen molar-refractivity contribution in [2.45, 2.75) is 76.3 Å². The van der Waals surface area contributed by atoms with Gasteiger partial charge < -0.3 is 81.3 Å². The summed E-state index contributed by atoms with van der Waals surface area (Å²) in [5, 5.41) is 16.7. The van der Waals surface area contributed by atoms with Gasteiger partial charge in [-0.2, -0.15) is 0 Å². The van der Waals surface area contributed by atoms with Crippen LogP contribution < -0.4 is 43.4 Å². The minimum Gasteiger partial charge on any atom is -0.379 e. The molecule has 0 aliphatic heterocycles. The molecule has 0 aromatic carbocycles. The quantitative estimate of drug-likeness (QED) is 0.0233. The van der Waals surface area contributed by atoms with Crippen LogP contribution in [0.4, 0.5) is 0 Å². The van der Waals surface area contributed by atoms with Gasteiger partial charge in [0.25, 0.3) is 0 Å². The van der Waals surface area contributed by atoms with Crippen molar-refractivity contribution in [1.29, 1.82) is 0 Å². The maximum atomic E-state index is 12.0. The lowest BCUT2D eigenvalue weighted by Crippen LogP contribution is -2.39. The van der Waals surface area contributed by atoms with E-state index in [4.69, 9.17) is 49.4 Å². The zero-order valence-corrected chi connectivity index (χ0v) is 36.5. The van der Waals surface area contributed by atoms with Crippen molar-refractivity contribution in [3.8, 4) is 0 Å². The summed E-state index contributed by atoms with van der Waals surface area (Å²) in [4.78, 5) is 69.9. The molecule has 0 saturated carbocycles. The van der Waals surface area contributed by atoms with Crippen LogP contribution in [0.15, 0.2) is 0 Å². The summed E-state index contributed by atoms with van der Waals surface area (Å²) in [5.74, 6) is -1.45. The Morgan fingerprint density at radius 2 is 0.770 bits per heavy atom. The van der Waals surface area contributed by atoms with E-state index in [-0.39, 0.29) is 93.3 Å². The predicted octanol–water partition coefficient (Wildman–Crippen LogP) is -2.41. The number of carbonyl (C=O) groups is 6. The third-order valence-corrected chi connectivity index (χ3v) is 8.55. The van der Waals surface area contributed by atoms with Gasteiger partial charge in [-0.15, -0.1) is 0 Å². The van der Waals surface area contributed by atoms with Crippen LogP contribution in [-0.2, 0) is 66.7 Å². The minimum absolute atomic E-state index is 0.0389. The van der Waals surface area contributed by atoms with E-state index < -0.39 is 0 Å². The molecule has 0 saturated heterocycles. The van der Waals surface area contributed by atoms with Crippen molar-refractivity contribution in [1.82, 2.24) is 31.9 Å². The van der Waals surface area contributed by atoms with Gasteiger partial charge in [-0.05, 0) is 59.0 Å². The molecule has 61 heavy (non-hydrogen) atoms. The van der Waals surface area contributed by atoms with Crippen molar-refractivity contribution in [3.63, 3.8) is 0 Å². The molecule has 0 aromatic heterocycles. The highest BCUT2D eigenvalue weighted by atomic mass is 16.6. The average molecular weight is 881 g/mol. The van der Waals surface area contributed by atoms with Crippen molar-refractivity contribution in [2.24, 2.45) is 11.5 Å². The molecule has 0 aliphatic carbocycles. The highest BCUT2D eigenvalue weighted by molar-refractivity contribution is 5.80. The number of likely N-dealkylation sites (N-methyl/N-ethyl adjacent to an activating group) is 2. The van der Waals surface area contributed by atoms with E-state index in [0.717, 1.165) is 25.7 Å². The maximum Gasteiger partial charge on any atom is 0.245 e. The summed E-state index contributed by atoms with van der Waals surface area (Å²) in [7, 11) is 3.38.